The van der Waals surface area contributed by atoms with Crippen molar-refractivity contribution in [1.82, 2.24) is 19.9 Å². The molecule has 0 fully saturated rings. The van der Waals surface area contributed by atoms with Crippen molar-refractivity contribution < 1.29 is 27.6 Å². The van der Waals surface area contributed by atoms with Crippen LogP contribution in [0, 0.1) is 23.8 Å². The Labute approximate surface area is 429 Å². The minimum atomic E-state index is -1.34. The van der Waals surface area contributed by atoms with Gasteiger partial charge in [0.15, 0.2) is 0 Å². The lowest BCUT2D eigenvalue weighted by Crippen LogP contribution is -2.29. The molecule has 0 aliphatic carbocycles. The van der Waals surface area contributed by atoms with Gasteiger partial charge in [0.1, 0.15) is 9.21 Å². The van der Waals surface area contributed by atoms with Gasteiger partial charge in [-0.2, -0.15) is 17.6 Å². The number of nitrogens with zero attached hydrogens (tertiary/aromatic N) is 4. The number of anilines is 4. The molecule has 5 aromatic carbocycles. The second-order valence-electron chi connectivity index (χ2n) is 14.0. The highest BCUT2D eigenvalue weighted by Crippen LogP contribution is 2.35. The van der Waals surface area contributed by atoms with Crippen molar-refractivity contribution in [2.75, 3.05) is 22.9 Å². The van der Waals surface area contributed by atoms with Crippen LogP contribution in [0.4, 0.5) is 40.3 Å². The summed E-state index contributed by atoms with van der Waals surface area (Å²) in [5, 5.41) is 17.2. The van der Waals surface area contributed by atoms with E-state index >= 15 is 0 Å². The van der Waals surface area contributed by atoms with Crippen molar-refractivity contribution in [3.05, 3.63) is 218 Å². The van der Waals surface area contributed by atoms with Crippen LogP contribution in [0.25, 0.3) is 44.8 Å². The van der Waals surface area contributed by atoms with Crippen molar-refractivity contribution >= 4 is 99.1 Å². The average molecular weight is 1190 g/mol. The number of benzene rings is 5. The molecule has 0 saturated carbocycles. The maximum absolute atomic E-state index is 13.8. The molecule has 350 valence electrons. The summed E-state index contributed by atoms with van der Waals surface area (Å²) >= 11 is 12.4. The molecule has 9 aromatic rings. The molecule has 0 aliphatic heterocycles. The van der Waals surface area contributed by atoms with Crippen molar-refractivity contribution in [1.29, 1.82) is 0 Å². The summed E-state index contributed by atoms with van der Waals surface area (Å²) in [6, 6.07) is 51.4. The Morgan fingerprint density at radius 1 is 0.362 bits per heavy atom. The minimum Gasteiger partial charge on any atom is -0.423 e. The molecular formula is C50H39BBr4F4N8O2. The minimum absolute atomic E-state index is 0.319. The van der Waals surface area contributed by atoms with E-state index in [1.807, 2.05) is 127 Å². The number of pyridine rings is 4. The first-order chi connectivity index (χ1) is 33.0. The molecule has 4 heterocycles. The van der Waals surface area contributed by atoms with Crippen LogP contribution in [-0.4, -0.2) is 37.1 Å². The molecule has 10 nitrogen and oxygen atoms in total. The zero-order valence-corrected chi connectivity index (χ0v) is 42.2. The first kappa shape index (κ1) is 53.5. The molecule has 0 radical (unpaired) electrons. The summed E-state index contributed by atoms with van der Waals surface area (Å²) in [6.07, 6.45) is 0. The summed E-state index contributed by atoms with van der Waals surface area (Å²) in [6.45, 7) is 0. The SMILES string of the molecule is Nc1c(-c2ccccc2)cc(F)nc1-c1ccccc1.Nc1c(-c2ccccc2)cc(F)nc1Br.Nc1c(Br)cc(F)nc1-c1ccccc1.Nc1c(Br)cc(F)nc1Br.OB(O)c1ccccc1. The Morgan fingerprint density at radius 3 is 1.06 bits per heavy atom. The molecule has 69 heavy (non-hydrogen) atoms. The molecule has 9 rings (SSSR count). The van der Waals surface area contributed by atoms with Crippen molar-refractivity contribution in [2.45, 2.75) is 0 Å². The van der Waals surface area contributed by atoms with Gasteiger partial charge in [0, 0.05) is 55.5 Å². The monoisotopic (exact) mass is 1190 g/mol. The van der Waals surface area contributed by atoms with Crippen LogP contribution >= 0.6 is 63.7 Å². The van der Waals surface area contributed by atoms with Gasteiger partial charge in [-0.25, -0.2) is 19.9 Å². The van der Waals surface area contributed by atoms with E-state index in [0.717, 1.165) is 22.3 Å². The number of nitrogens with two attached hydrogens (primary N) is 4. The van der Waals surface area contributed by atoms with E-state index in [1.54, 1.807) is 24.3 Å². The predicted octanol–water partition coefficient (Wildman–Crippen LogP) is 12.3. The lowest BCUT2D eigenvalue weighted by atomic mass is 9.81. The summed E-state index contributed by atoms with van der Waals surface area (Å²) in [5.74, 6) is -2.19. The zero-order valence-electron chi connectivity index (χ0n) is 35.8. The molecule has 0 atom stereocenters. The molecule has 0 bridgehead atoms. The van der Waals surface area contributed by atoms with Gasteiger partial charge in [-0.1, -0.05) is 152 Å². The molecule has 19 heteroatoms. The topological polar surface area (TPSA) is 196 Å². The quantitative estimate of drug-likeness (QED) is 0.0548. The normalized spacial score (nSPS) is 10.1. The van der Waals surface area contributed by atoms with Crippen molar-refractivity contribution in [3.8, 4) is 44.8 Å². The van der Waals surface area contributed by atoms with Crippen LogP contribution in [0.2, 0.25) is 0 Å². The summed E-state index contributed by atoms with van der Waals surface area (Å²) in [5.41, 5.74) is 31.2. The molecule has 0 spiro atoms. The third kappa shape index (κ3) is 15.8. The Bertz CT molecular complexity index is 2900. The van der Waals surface area contributed by atoms with Gasteiger partial charge in [-0.3, -0.25) is 0 Å². The van der Waals surface area contributed by atoms with Gasteiger partial charge in [-0.05, 0) is 80.3 Å². The van der Waals surface area contributed by atoms with E-state index in [1.165, 1.54) is 24.3 Å². The highest BCUT2D eigenvalue weighted by atomic mass is 79.9. The Kier molecular flexibility index (Phi) is 20.4. The molecule has 4 aromatic heterocycles. The van der Waals surface area contributed by atoms with E-state index in [2.05, 4.69) is 83.7 Å². The van der Waals surface area contributed by atoms with Crippen LogP contribution in [0.1, 0.15) is 0 Å². The van der Waals surface area contributed by atoms with Crippen LogP contribution in [-0.2, 0) is 0 Å². The fourth-order valence-electron chi connectivity index (χ4n) is 5.95. The summed E-state index contributed by atoms with van der Waals surface area (Å²) < 4.78 is 54.1. The van der Waals surface area contributed by atoms with E-state index in [-0.39, 0.29) is 0 Å². The average Bonchev–Trinajstić information content (AvgIpc) is 3.35. The second kappa shape index (κ2) is 26.3. The van der Waals surface area contributed by atoms with Gasteiger partial charge in [0.05, 0.1) is 34.1 Å². The summed E-state index contributed by atoms with van der Waals surface area (Å²) in [7, 11) is -1.34. The molecule has 0 unspecified atom stereocenters. The highest BCUT2D eigenvalue weighted by molar-refractivity contribution is 9.11. The van der Waals surface area contributed by atoms with Crippen molar-refractivity contribution in [3.63, 3.8) is 0 Å². The maximum atomic E-state index is 13.8. The Balaban J connectivity index is 0.000000166. The van der Waals surface area contributed by atoms with Gasteiger partial charge in [0.25, 0.3) is 0 Å². The highest BCUT2D eigenvalue weighted by Gasteiger charge is 2.14. The fourth-order valence-corrected chi connectivity index (χ4v) is 7.74. The molecule has 10 N–H and O–H groups in total. The second-order valence-corrected chi connectivity index (χ2v) is 17.2. The maximum Gasteiger partial charge on any atom is 0.488 e. The molecule has 0 amide bonds. The van der Waals surface area contributed by atoms with E-state index in [4.69, 9.17) is 33.0 Å². The number of rotatable bonds is 5. The first-order valence-corrected chi connectivity index (χ1v) is 23.3. The van der Waals surface area contributed by atoms with Crippen molar-refractivity contribution in [2.24, 2.45) is 0 Å². The number of hydrogen-bond acceptors (Lipinski definition) is 10. The van der Waals surface area contributed by atoms with Gasteiger partial charge in [0.2, 0.25) is 23.8 Å². The Hall–Kier alpha value is -6.48. The molecule has 0 aliphatic rings. The predicted molar refractivity (Wildman–Crippen MR) is 283 cm³/mol. The van der Waals surface area contributed by atoms with Gasteiger partial charge < -0.3 is 33.0 Å². The van der Waals surface area contributed by atoms with Gasteiger partial charge in [-0.15, -0.1) is 0 Å². The van der Waals surface area contributed by atoms with Crippen LogP contribution in [0.15, 0.2) is 194 Å². The van der Waals surface area contributed by atoms with Crippen LogP contribution in [0.5, 0.6) is 0 Å². The van der Waals surface area contributed by atoms with Gasteiger partial charge >= 0.3 is 7.12 Å². The lowest BCUT2D eigenvalue weighted by Gasteiger charge is -2.11. The standard InChI is InChI=1S/C17H13FN2.2C11H8BrFN2.C6H7BO2.C5H3Br2FN2/c18-15-11-14(12-7-3-1-4-8-12)16(19)17(20-15)13-9-5-2-6-10-13;12-8-6-9(13)15-11(10(8)14)7-4-2-1-3-5-7;12-11-10(14)8(6-9(13)15-11)7-4-2-1-3-5-7;8-7(9)6-4-2-1-3-5-6;6-2-1-3(8)10-5(7)4(2)9/h1-11H,19H2;2*1-6H,14H2;1-5,8-9H;1H,9H2. The molecular weight excluding hydrogens is 1150 g/mol. The Morgan fingerprint density at radius 2 is 0.667 bits per heavy atom. The smallest absolute Gasteiger partial charge is 0.423 e. The third-order valence-corrected chi connectivity index (χ3v) is 11.8. The number of halogens is 8. The van der Waals surface area contributed by atoms with E-state index in [0.29, 0.717) is 68.9 Å². The number of nitrogen functional groups attached to an aromatic ring is 4. The van der Waals surface area contributed by atoms with E-state index in [9.17, 15) is 17.6 Å². The third-order valence-electron chi connectivity index (χ3n) is 9.28. The van der Waals surface area contributed by atoms with Crippen LogP contribution in [0.3, 0.4) is 0 Å². The lowest BCUT2D eigenvalue weighted by molar-refractivity contribution is 0.426. The zero-order chi connectivity index (χ0) is 50.0. The first-order valence-electron chi connectivity index (χ1n) is 20.1. The fraction of sp³-hybridized carbons (Fsp3) is 0. The summed E-state index contributed by atoms with van der Waals surface area (Å²) in [4.78, 5) is 14.7. The van der Waals surface area contributed by atoms with E-state index < -0.39 is 30.9 Å². The number of hydrogen-bond donors (Lipinski definition) is 6. The van der Waals surface area contributed by atoms with Crippen LogP contribution < -0.4 is 28.4 Å². The largest absolute Gasteiger partial charge is 0.488 e. The number of aromatic nitrogens is 4. The molecule has 0 saturated heterocycles.